The zero-order valence-corrected chi connectivity index (χ0v) is 11.2. The number of hydrogen-bond acceptors (Lipinski definition) is 3. The second-order valence-corrected chi connectivity index (χ2v) is 7.16. The maximum absolute atomic E-state index is 11.8. The van der Waals surface area contributed by atoms with Gasteiger partial charge in [-0.05, 0) is 62.7 Å². The lowest BCUT2D eigenvalue weighted by atomic mass is 9.52. The Labute approximate surface area is 109 Å². The standard InChI is InChI=1S/C15H23NO2/c1-18-14(17)13-2-3-16(13)15-7-10-4-11(8-15)6-12(5-10)9-15/h10-13H,2-9H2,1H3. The Bertz CT molecular complexity index is 343. The van der Waals surface area contributed by atoms with E-state index in [2.05, 4.69) is 4.90 Å². The van der Waals surface area contributed by atoms with Crippen LogP contribution in [0.4, 0.5) is 0 Å². The van der Waals surface area contributed by atoms with E-state index in [0.29, 0.717) is 5.54 Å². The Morgan fingerprint density at radius 1 is 1.11 bits per heavy atom. The van der Waals surface area contributed by atoms with Crippen molar-refractivity contribution in [2.75, 3.05) is 13.7 Å². The number of nitrogens with zero attached hydrogens (tertiary/aromatic N) is 1. The van der Waals surface area contributed by atoms with Crippen molar-refractivity contribution < 1.29 is 9.53 Å². The summed E-state index contributed by atoms with van der Waals surface area (Å²) in [5.74, 6) is 2.86. The van der Waals surface area contributed by atoms with Gasteiger partial charge in [-0.1, -0.05) is 0 Å². The van der Waals surface area contributed by atoms with E-state index in [-0.39, 0.29) is 12.0 Å². The molecule has 0 spiro atoms. The fourth-order valence-electron chi connectivity index (χ4n) is 5.75. The summed E-state index contributed by atoms with van der Waals surface area (Å²) < 4.78 is 4.97. The van der Waals surface area contributed by atoms with Crippen LogP contribution in [0.25, 0.3) is 0 Å². The van der Waals surface area contributed by atoms with Crippen LogP contribution in [-0.2, 0) is 9.53 Å². The van der Waals surface area contributed by atoms with Gasteiger partial charge in [0.15, 0.2) is 0 Å². The third-order valence-corrected chi connectivity index (χ3v) is 6.11. The number of carbonyl (C=O) groups is 1. The van der Waals surface area contributed by atoms with Gasteiger partial charge in [0.2, 0.25) is 0 Å². The second-order valence-electron chi connectivity index (χ2n) is 7.16. The molecule has 0 amide bonds. The molecule has 0 radical (unpaired) electrons. The first-order valence-corrected chi connectivity index (χ1v) is 7.55. The predicted molar refractivity (Wildman–Crippen MR) is 68.0 cm³/mol. The van der Waals surface area contributed by atoms with Crippen molar-refractivity contribution in [1.29, 1.82) is 0 Å². The van der Waals surface area contributed by atoms with E-state index in [0.717, 1.165) is 30.7 Å². The van der Waals surface area contributed by atoms with Gasteiger partial charge in [0, 0.05) is 12.1 Å². The molecule has 3 heteroatoms. The molecule has 4 saturated carbocycles. The molecule has 0 aromatic rings. The molecule has 4 bridgehead atoms. The van der Waals surface area contributed by atoms with E-state index < -0.39 is 0 Å². The molecular weight excluding hydrogens is 226 g/mol. The Kier molecular flexibility index (Phi) is 2.33. The Morgan fingerprint density at radius 2 is 1.67 bits per heavy atom. The highest BCUT2D eigenvalue weighted by atomic mass is 16.5. The van der Waals surface area contributed by atoms with Crippen molar-refractivity contribution in [2.24, 2.45) is 17.8 Å². The fraction of sp³-hybridized carbons (Fsp3) is 0.933. The Hall–Kier alpha value is -0.570. The van der Waals surface area contributed by atoms with E-state index in [9.17, 15) is 4.79 Å². The lowest BCUT2D eigenvalue weighted by Crippen LogP contribution is -2.68. The predicted octanol–water partition coefficient (Wildman–Crippen LogP) is 2.20. The average Bonchev–Trinajstić information content (AvgIpc) is 2.24. The molecule has 5 rings (SSSR count). The molecule has 18 heavy (non-hydrogen) atoms. The topological polar surface area (TPSA) is 29.5 Å². The monoisotopic (exact) mass is 249 g/mol. The molecule has 0 N–H and O–H groups in total. The van der Waals surface area contributed by atoms with Crippen LogP contribution in [0.5, 0.6) is 0 Å². The zero-order valence-electron chi connectivity index (χ0n) is 11.2. The van der Waals surface area contributed by atoms with E-state index in [4.69, 9.17) is 4.74 Å². The third kappa shape index (κ3) is 1.43. The summed E-state index contributed by atoms with van der Waals surface area (Å²) in [6, 6.07) is 0.0752. The van der Waals surface area contributed by atoms with Gasteiger partial charge in [0.25, 0.3) is 0 Å². The molecule has 4 aliphatic carbocycles. The van der Waals surface area contributed by atoms with Gasteiger partial charge in [-0.25, -0.2) is 0 Å². The summed E-state index contributed by atoms with van der Waals surface area (Å²) in [7, 11) is 1.53. The number of hydrogen-bond donors (Lipinski definition) is 0. The first-order valence-electron chi connectivity index (χ1n) is 7.55. The van der Waals surface area contributed by atoms with Gasteiger partial charge in [-0.15, -0.1) is 0 Å². The van der Waals surface area contributed by atoms with Crippen molar-refractivity contribution >= 4 is 5.97 Å². The normalized spacial score (nSPS) is 50.1. The number of ether oxygens (including phenoxy) is 1. The van der Waals surface area contributed by atoms with Crippen LogP contribution in [0, 0.1) is 17.8 Å². The molecule has 0 aromatic heterocycles. The van der Waals surface area contributed by atoms with Gasteiger partial charge in [0.05, 0.1) is 7.11 Å². The van der Waals surface area contributed by atoms with Gasteiger partial charge in [-0.3, -0.25) is 9.69 Å². The molecule has 1 atom stereocenters. The molecule has 1 saturated heterocycles. The summed E-state index contributed by atoms with van der Waals surface area (Å²) in [6.45, 7) is 1.12. The molecule has 1 heterocycles. The number of likely N-dealkylation sites (tertiary alicyclic amines) is 1. The Balaban J connectivity index is 1.59. The maximum Gasteiger partial charge on any atom is 0.323 e. The number of esters is 1. The van der Waals surface area contributed by atoms with E-state index in [1.807, 2.05) is 0 Å². The average molecular weight is 249 g/mol. The molecule has 3 nitrogen and oxygen atoms in total. The van der Waals surface area contributed by atoms with Crippen LogP contribution in [0.3, 0.4) is 0 Å². The van der Waals surface area contributed by atoms with Crippen LogP contribution in [0.2, 0.25) is 0 Å². The Morgan fingerprint density at radius 3 is 2.06 bits per heavy atom. The van der Waals surface area contributed by atoms with Crippen molar-refractivity contribution in [3.8, 4) is 0 Å². The highest BCUT2D eigenvalue weighted by Crippen LogP contribution is 2.59. The zero-order chi connectivity index (χ0) is 12.3. The quantitative estimate of drug-likeness (QED) is 0.703. The van der Waals surface area contributed by atoms with Crippen LogP contribution >= 0.6 is 0 Å². The first-order chi connectivity index (χ1) is 8.70. The molecule has 1 unspecified atom stereocenters. The number of carbonyl (C=O) groups excluding carboxylic acids is 1. The van der Waals surface area contributed by atoms with Gasteiger partial charge in [-0.2, -0.15) is 0 Å². The van der Waals surface area contributed by atoms with Crippen LogP contribution < -0.4 is 0 Å². The van der Waals surface area contributed by atoms with Crippen LogP contribution in [-0.4, -0.2) is 36.1 Å². The smallest absolute Gasteiger partial charge is 0.323 e. The van der Waals surface area contributed by atoms with Gasteiger partial charge < -0.3 is 4.74 Å². The van der Waals surface area contributed by atoms with E-state index >= 15 is 0 Å². The minimum atomic E-state index is -0.00278. The van der Waals surface area contributed by atoms with E-state index in [1.54, 1.807) is 0 Å². The third-order valence-electron chi connectivity index (χ3n) is 6.11. The second kappa shape index (κ2) is 3.72. The highest BCUT2D eigenvalue weighted by molar-refractivity contribution is 5.76. The summed E-state index contributed by atoms with van der Waals surface area (Å²) >= 11 is 0. The SMILES string of the molecule is COC(=O)C1CCN1C12CC3CC(CC(C3)C1)C2. The summed E-state index contributed by atoms with van der Waals surface area (Å²) in [5.41, 5.74) is 0.381. The number of rotatable bonds is 2. The van der Waals surface area contributed by atoms with Crippen molar-refractivity contribution in [3.05, 3.63) is 0 Å². The number of methoxy groups -OCH3 is 1. The lowest BCUT2D eigenvalue weighted by Gasteiger charge is -2.64. The first kappa shape index (κ1) is 11.3. The van der Waals surface area contributed by atoms with Crippen LogP contribution in [0.15, 0.2) is 0 Å². The molecule has 100 valence electrons. The van der Waals surface area contributed by atoms with Crippen molar-refractivity contribution in [2.45, 2.75) is 56.5 Å². The summed E-state index contributed by atoms with van der Waals surface area (Å²) in [4.78, 5) is 14.4. The maximum atomic E-state index is 11.8. The van der Waals surface area contributed by atoms with Crippen LogP contribution in [0.1, 0.15) is 44.9 Å². The highest BCUT2D eigenvalue weighted by Gasteiger charge is 2.57. The molecular formula is C15H23NO2. The molecule has 5 aliphatic rings. The van der Waals surface area contributed by atoms with Gasteiger partial charge in [0.1, 0.15) is 6.04 Å². The van der Waals surface area contributed by atoms with E-state index in [1.165, 1.54) is 45.6 Å². The summed E-state index contributed by atoms with van der Waals surface area (Å²) in [6.07, 6.45) is 9.47. The minimum absolute atomic E-state index is 0.00278. The minimum Gasteiger partial charge on any atom is -0.468 e. The summed E-state index contributed by atoms with van der Waals surface area (Å²) in [5, 5.41) is 0. The van der Waals surface area contributed by atoms with Crippen molar-refractivity contribution in [1.82, 2.24) is 4.90 Å². The van der Waals surface area contributed by atoms with Gasteiger partial charge >= 0.3 is 5.97 Å². The molecule has 0 aromatic carbocycles. The largest absolute Gasteiger partial charge is 0.468 e. The molecule has 5 fully saturated rings. The lowest BCUT2D eigenvalue weighted by molar-refractivity contribution is -0.173. The molecule has 1 aliphatic heterocycles. The van der Waals surface area contributed by atoms with Crippen molar-refractivity contribution in [3.63, 3.8) is 0 Å². The fourth-order valence-corrected chi connectivity index (χ4v) is 5.75.